The van der Waals surface area contributed by atoms with Crippen LogP contribution in [0.15, 0.2) is 18.2 Å². The van der Waals surface area contributed by atoms with E-state index in [4.69, 9.17) is 4.74 Å². The lowest BCUT2D eigenvalue weighted by Crippen LogP contribution is -2.25. The Bertz CT molecular complexity index is 419. The Morgan fingerprint density at radius 3 is 3.24 bits per heavy atom. The maximum Gasteiger partial charge on any atom is 0.306 e. The third-order valence-corrected chi connectivity index (χ3v) is 2.73. The van der Waals surface area contributed by atoms with Crippen LogP contribution in [0.2, 0.25) is 0 Å². The molecule has 0 saturated heterocycles. The summed E-state index contributed by atoms with van der Waals surface area (Å²) in [7, 11) is 1.37. The van der Waals surface area contributed by atoms with Gasteiger partial charge in [-0.2, -0.15) is 0 Å². The molecule has 0 amide bonds. The number of esters is 1. The number of rotatable bonds is 4. The highest BCUT2D eigenvalue weighted by Crippen LogP contribution is 2.34. The fourth-order valence-corrected chi connectivity index (χ4v) is 1.82. The van der Waals surface area contributed by atoms with Gasteiger partial charge in [0.15, 0.2) is 0 Å². The van der Waals surface area contributed by atoms with E-state index in [9.17, 15) is 9.90 Å². The van der Waals surface area contributed by atoms with Gasteiger partial charge >= 0.3 is 5.97 Å². The van der Waals surface area contributed by atoms with E-state index >= 15 is 0 Å². The third-order valence-electron chi connectivity index (χ3n) is 2.73. The highest BCUT2D eigenvalue weighted by atomic mass is 16.5. The average molecular weight is 237 g/mol. The predicted molar refractivity (Wildman–Crippen MR) is 61.0 cm³/mol. The SMILES string of the molecule is COC(=O)CCNC1COc2cc(O)ccc21. The first-order chi connectivity index (χ1) is 8.20. The summed E-state index contributed by atoms with van der Waals surface area (Å²) in [5, 5.41) is 12.5. The Labute approximate surface area is 99.3 Å². The van der Waals surface area contributed by atoms with Crippen LogP contribution in [0.5, 0.6) is 11.5 Å². The number of carbonyl (C=O) groups excluding carboxylic acids is 1. The quantitative estimate of drug-likeness (QED) is 0.764. The molecule has 0 spiro atoms. The van der Waals surface area contributed by atoms with Crippen LogP contribution in [0, 0.1) is 0 Å². The normalized spacial score (nSPS) is 17.4. The van der Waals surface area contributed by atoms with Gasteiger partial charge in [0.1, 0.15) is 18.1 Å². The molecular weight excluding hydrogens is 222 g/mol. The van der Waals surface area contributed by atoms with Crippen molar-refractivity contribution < 1.29 is 19.4 Å². The fraction of sp³-hybridized carbons (Fsp3) is 0.417. The number of benzene rings is 1. The molecule has 1 atom stereocenters. The summed E-state index contributed by atoms with van der Waals surface area (Å²) in [5.41, 5.74) is 1.01. The number of ether oxygens (including phenoxy) is 2. The summed E-state index contributed by atoms with van der Waals surface area (Å²) in [6.07, 6.45) is 0.334. The van der Waals surface area contributed by atoms with Crippen molar-refractivity contribution in [3.8, 4) is 11.5 Å². The number of hydrogen-bond acceptors (Lipinski definition) is 5. The molecule has 0 aliphatic carbocycles. The van der Waals surface area contributed by atoms with E-state index in [-0.39, 0.29) is 17.8 Å². The lowest BCUT2D eigenvalue weighted by atomic mass is 10.1. The van der Waals surface area contributed by atoms with Crippen molar-refractivity contribution >= 4 is 5.97 Å². The Hall–Kier alpha value is -1.75. The molecule has 17 heavy (non-hydrogen) atoms. The lowest BCUT2D eigenvalue weighted by molar-refractivity contribution is -0.140. The number of fused-ring (bicyclic) bond motifs is 1. The molecule has 0 aromatic heterocycles. The van der Waals surface area contributed by atoms with Gasteiger partial charge in [-0.25, -0.2) is 0 Å². The van der Waals surface area contributed by atoms with Crippen LogP contribution in [-0.4, -0.2) is 31.3 Å². The second-order valence-electron chi connectivity index (χ2n) is 3.87. The standard InChI is InChI=1S/C12H15NO4/c1-16-12(15)4-5-13-10-7-17-11-6-8(14)2-3-9(10)11/h2-3,6,10,13-14H,4-5,7H2,1H3. The van der Waals surface area contributed by atoms with Crippen molar-refractivity contribution in [3.05, 3.63) is 23.8 Å². The van der Waals surface area contributed by atoms with Crippen LogP contribution in [0.25, 0.3) is 0 Å². The van der Waals surface area contributed by atoms with Crippen LogP contribution in [0.1, 0.15) is 18.0 Å². The molecule has 1 aromatic rings. The predicted octanol–water partition coefficient (Wildman–Crippen LogP) is 0.978. The van der Waals surface area contributed by atoms with E-state index in [0.717, 1.165) is 5.56 Å². The zero-order valence-corrected chi connectivity index (χ0v) is 9.60. The number of hydrogen-bond donors (Lipinski definition) is 2. The first kappa shape index (κ1) is 11.7. The van der Waals surface area contributed by atoms with Gasteiger partial charge in [0.25, 0.3) is 0 Å². The monoisotopic (exact) mass is 237 g/mol. The Morgan fingerprint density at radius 2 is 2.47 bits per heavy atom. The molecule has 92 valence electrons. The highest BCUT2D eigenvalue weighted by Gasteiger charge is 2.23. The molecule has 1 heterocycles. The molecule has 1 aliphatic heterocycles. The minimum Gasteiger partial charge on any atom is -0.508 e. The highest BCUT2D eigenvalue weighted by molar-refractivity contribution is 5.69. The molecule has 5 nitrogen and oxygen atoms in total. The van der Waals surface area contributed by atoms with Gasteiger partial charge in [-0.1, -0.05) is 0 Å². The molecule has 1 unspecified atom stereocenters. The van der Waals surface area contributed by atoms with Crippen LogP contribution in [0.4, 0.5) is 0 Å². The zero-order chi connectivity index (χ0) is 12.3. The summed E-state index contributed by atoms with van der Waals surface area (Å²) in [6, 6.07) is 5.11. The van der Waals surface area contributed by atoms with Crippen molar-refractivity contribution in [1.29, 1.82) is 0 Å². The van der Waals surface area contributed by atoms with E-state index in [1.165, 1.54) is 7.11 Å². The van der Waals surface area contributed by atoms with Crippen molar-refractivity contribution in [1.82, 2.24) is 5.32 Å². The van der Waals surface area contributed by atoms with Crippen LogP contribution >= 0.6 is 0 Å². The van der Waals surface area contributed by atoms with Gasteiger partial charge in [-0.15, -0.1) is 0 Å². The number of aromatic hydroxyl groups is 1. The first-order valence-electron chi connectivity index (χ1n) is 5.46. The van der Waals surface area contributed by atoms with Gasteiger partial charge in [-0.05, 0) is 12.1 Å². The van der Waals surface area contributed by atoms with Crippen molar-refractivity contribution in [3.63, 3.8) is 0 Å². The molecule has 0 bridgehead atoms. The smallest absolute Gasteiger partial charge is 0.306 e. The van der Waals surface area contributed by atoms with E-state index < -0.39 is 0 Å². The largest absolute Gasteiger partial charge is 0.508 e. The molecule has 0 fully saturated rings. The zero-order valence-electron chi connectivity index (χ0n) is 9.60. The van der Waals surface area contributed by atoms with Gasteiger partial charge in [-0.3, -0.25) is 4.79 Å². The average Bonchev–Trinajstić information content (AvgIpc) is 2.71. The number of phenols is 1. The molecule has 1 aliphatic rings. The molecule has 0 saturated carbocycles. The molecule has 2 rings (SSSR count). The second-order valence-corrected chi connectivity index (χ2v) is 3.87. The maximum absolute atomic E-state index is 10.9. The van der Waals surface area contributed by atoms with E-state index in [0.29, 0.717) is 25.3 Å². The summed E-state index contributed by atoms with van der Waals surface area (Å²) in [4.78, 5) is 10.9. The lowest BCUT2D eigenvalue weighted by Gasteiger charge is -2.10. The van der Waals surface area contributed by atoms with Crippen LogP contribution < -0.4 is 10.1 Å². The number of carbonyl (C=O) groups is 1. The Balaban J connectivity index is 1.91. The van der Waals surface area contributed by atoms with Crippen molar-refractivity contribution in [2.24, 2.45) is 0 Å². The van der Waals surface area contributed by atoms with Gasteiger partial charge in [0.2, 0.25) is 0 Å². The summed E-state index contributed by atoms with van der Waals surface area (Å²) in [5.74, 6) is 0.655. The molecule has 1 aromatic carbocycles. The van der Waals surface area contributed by atoms with Crippen LogP contribution in [-0.2, 0) is 9.53 Å². The van der Waals surface area contributed by atoms with Gasteiger partial charge in [0, 0.05) is 18.2 Å². The third kappa shape index (κ3) is 2.68. The number of phenolic OH excluding ortho intramolecular Hbond substituents is 1. The first-order valence-corrected chi connectivity index (χ1v) is 5.46. The van der Waals surface area contributed by atoms with Crippen molar-refractivity contribution in [2.75, 3.05) is 20.3 Å². The van der Waals surface area contributed by atoms with E-state index in [1.807, 2.05) is 6.07 Å². The molecule has 0 radical (unpaired) electrons. The van der Waals surface area contributed by atoms with Crippen LogP contribution in [0.3, 0.4) is 0 Å². The van der Waals surface area contributed by atoms with E-state index in [1.54, 1.807) is 12.1 Å². The summed E-state index contributed by atoms with van der Waals surface area (Å²) < 4.78 is 9.99. The number of nitrogens with one attached hydrogen (secondary N) is 1. The second kappa shape index (κ2) is 5.05. The Kier molecular flexibility index (Phi) is 3.49. The fourth-order valence-electron chi connectivity index (χ4n) is 1.82. The summed E-state index contributed by atoms with van der Waals surface area (Å²) >= 11 is 0. The maximum atomic E-state index is 10.9. The Morgan fingerprint density at radius 1 is 1.65 bits per heavy atom. The minimum absolute atomic E-state index is 0.0651. The van der Waals surface area contributed by atoms with E-state index in [2.05, 4.69) is 10.1 Å². The molecule has 5 heteroatoms. The summed E-state index contributed by atoms with van der Waals surface area (Å²) in [6.45, 7) is 1.06. The van der Waals surface area contributed by atoms with Gasteiger partial charge in [0.05, 0.1) is 19.6 Å². The molecule has 2 N–H and O–H groups in total. The molecular formula is C12H15NO4. The topological polar surface area (TPSA) is 67.8 Å². The minimum atomic E-state index is -0.234. The van der Waals surface area contributed by atoms with Gasteiger partial charge < -0.3 is 19.9 Å². The van der Waals surface area contributed by atoms with Crippen molar-refractivity contribution in [2.45, 2.75) is 12.5 Å². The number of methoxy groups -OCH3 is 1.